The van der Waals surface area contributed by atoms with Crippen LogP contribution in [0.3, 0.4) is 0 Å². The molecule has 7 heteroatoms. The molecule has 2 amide bonds. The Bertz CT molecular complexity index is 594. The van der Waals surface area contributed by atoms with Gasteiger partial charge >= 0.3 is 0 Å². The largest absolute Gasteiger partial charge is 0.392 e. The second-order valence-electron chi connectivity index (χ2n) is 9.60. The van der Waals surface area contributed by atoms with E-state index in [0.29, 0.717) is 26.3 Å². The minimum atomic E-state index is -0.536. The summed E-state index contributed by atoms with van der Waals surface area (Å²) in [5, 5.41) is 14.5. The molecule has 1 heterocycles. The zero-order valence-corrected chi connectivity index (χ0v) is 18.4. The number of amides is 2. The molecule has 0 spiro atoms. The highest BCUT2D eigenvalue weighted by molar-refractivity contribution is 5.79. The number of carbonyl (C=O) groups excluding carboxylic acids is 2. The van der Waals surface area contributed by atoms with E-state index in [0.717, 1.165) is 25.7 Å². The number of methoxy groups -OCH3 is 1. The number of nitrogens with one attached hydrogen (secondary N) is 1. The number of fused-ring (bicyclic) bond motifs is 1. The fourth-order valence-electron chi connectivity index (χ4n) is 6.13. The summed E-state index contributed by atoms with van der Waals surface area (Å²) in [4.78, 5) is 27.0. The molecule has 29 heavy (non-hydrogen) atoms. The molecule has 7 unspecified atom stereocenters. The molecular formula is C22H38N2O5. The second kappa shape index (κ2) is 9.31. The van der Waals surface area contributed by atoms with Crippen molar-refractivity contribution < 1.29 is 24.2 Å². The molecule has 1 aliphatic heterocycles. The fourth-order valence-corrected chi connectivity index (χ4v) is 6.13. The lowest BCUT2D eigenvalue weighted by Crippen LogP contribution is -2.59. The topological polar surface area (TPSA) is 88.1 Å². The number of hydrogen-bond donors (Lipinski definition) is 2. The first-order valence-electron chi connectivity index (χ1n) is 11.1. The van der Waals surface area contributed by atoms with E-state index >= 15 is 0 Å². The van der Waals surface area contributed by atoms with Gasteiger partial charge in [-0.3, -0.25) is 9.59 Å². The quantitative estimate of drug-likeness (QED) is 0.716. The minimum Gasteiger partial charge on any atom is -0.392 e. The minimum absolute atomic E-state index is 0.0365. The van der Waals surface area contributed by atoms with Gasteiger partial charge in [0.25, 0.3) is 0 Å². The molecule has 0 bridgehead atoms. The molecule has 7 atom stereocenters. The molecule has 0 aromatic rings. The van der Waals surface area contributed by atoms with Crippen LogP contribution < -0.4 is 5.32 Å². The van der Waals surface area contributed by atoms with Crippen LogP contribution in [0, 0.1) is 29.1 Å². The molecule has 3 rings (SSSR count). The first-order valence-corrected chi connectivity index (χ1v) is 11.1. The van der Waals surface area contributed by atoms with Crippen LogP contribution >= 0.6 is 0 Å². The normalized spacial score (nSPS) is 38.8. The third-order valence-electron chi connectivity index (χ3n) is 7.86. The summed E-state index contributed by atoms with van der Waals surface area (Å²) in [6, 6.07) is 0.0365. The summed E-state index contributed by atoms with van der Waals surface area (Å²) >= 11 is 0. The Morgan fingerprint density at radius 3 is 2.59 bits per heavy atom. The van der Waals surface area contributed by atoms with E-state index in [9.17, 15) is 14.7 Å². The molecular weight excluding hydrogens is 372 g/mol. The predicted molar refractivity (Wildman–Crippen MR) is 109 cm³/mol. The highest BCUT2D eigenvalue weighted by Crippen LogP contribution is 2.55. The lowest BCUT2D eigenvalue weighted by Gasteiger charge is -2.56. The van der Waals surface area contributed by atoms with E-state index in [1.54, 1.807) is 0 Å². The Kier molecular flexibility index (Phi) is 7.23. The van der Waals surface area contributed by atoms with Gasteiger partial charge in [-0.2, -0.15) is 0 Å². The van der Waals surface area contributed by atoms with E-state index < -0.39 is 6.10 Å². The third kappa shape index (κ3) is 4.62. The molecule has 0 radical (unpaired) electrons. The number of aliphatic hydroxyl groups excluding tert-OH is 1. The van der Waals surface area contributed by atoms with Crippen LogP contribution in [0.25, 0.3) is 0 Å². The maximum Gasteiger partial charge on any atom is 0.246 e. The lowest BCUT2D eigenvalue weighted by atomic mass is 9.51. The summed E-state index contributed by atoms with van der Waals surface area (Å²) in [7, 11) is 1.52. The Balaban J connectivity index is 1.71. The Morgan fingerprint density at radius 2 is 1.93 bits per heavy atom. The molecule has 7 nitrogen and oxygen atoms in total. The first-order chi connectivity index (χ1) is 13.8. The fraction of sp³-hybridized carbons (Fsp3) is 0.909. The SMILES string of the molecule is COCC(=O)NC1CCC2(C)CCC(C(C)C(=O)N3CCOCC3)C(O)C2C1C. The Labute approximate surface area is 174 Å². The van der Waals surface area contributed by atoms with E-state index in [1.165, 1.54) is 7.11 Å². The van der Waals surface area contributed by atoms with Crippen molar-refractivity contribution in [2.45, 2.75) is 58.6 Å². The number of morpholine rings is 1. The van der Waals surface area contributed by atoms with Crippen molar-refractivity contribution in [1.29, 1.82) is 0 Å². The number of rotatable bonds is 5. The van der Waals surface area contributed by atoms with Crippen LogP contribution in [0.2, 0.25) is 0 Å². The second-order valence-corrected chi connectivity index (χ2v) is 9.60. The number of ether oxygens (including phenoxy) is 2. The average molecular weight is 411 g/mol. The van der Waals surface area contributed by atoms with Crippen LogP contribution in [0.1, 0.15) is 46.5 Å². The number of hydrogen-bond acceptors (Lipinski definition) is 5. The molecule has 0 aromatic carbocycles. The van der Waals surface area contributed by atoms with E-state index in [2.05, 4.69) is 19.2 Å². The van der Waals surface area contributed by atoms with Crippen molar-refractivity contribution in [3.05, 3.63) is 0 Å². The standard InChI is InChI=1S/C22H38N2O5/c1-14(21(27)24-9-11-29-12-10-24)16-5-7-22(3)8-6-17(23-18(25)13-28-4)15(2)19(22)20(16)26/h14-17,19-20,26H,5-13H2,1-4H3,(H,23,25). The van der Waals surface area contributed by atoms with Crippen LogP contribution in [-0.2, 0) is 19.1 Å². The molecule has 2 N–H and O–H groups in total. The molecule has 2 aliphatic carbocycles. The van der Waals surface area contributed by atoms with E-state index in [4.69, 9.17) is 9.47 Å². The predicted octanol–water partition coefficient (Wildman–Crippen LogP) is 1.44. The van der Waals surface area contributed by atoms with Crippen molar-refractivity contribution in [2.24, 2.45) is 29.1 Å². The van der Waals surface area contributed by atoms with Crippen molar-refractivity contribution in [3.8, 4) is 0 Å². The van der Waals surface area contributed by atoms with Gasteiger partial charge in [0.2, 0.25) is 11.8 Å². The van der Waals surface area contributed by atoms with Crippen LogP contribution in [0.15, 0.2) is 0 Å². The molecule has 3 fully saturated rings. The summed E-state index contributed by atoms with van der Waals surface area (Å²) in [5.41, 5.74) is 0.0551. The van der Waals surface area contributed by atoms with Gasteiger partial charge in [-0.05, 0) is 48.9 Å². The Morgan fingerprint density at radius 1 is 1.28 bits per heavy atom. The van der Waals surface area contributed by atoms with Gasteiger partial charge in [0.1, 0.15) is 6.61 Å². The zero-order valence-electron chi connectivity index (χ0n) is 18.4. The number of nitrogens with zero attached hydrogens (tertiary/aromatic N) is 1. The average Bonchev–Trinajstić information content (AvgIpc) is 2.70. The smallest absolute Gasteiger partial charge is 0.246 e. The van der Waals surface area contributed by atoms with Crippen molar-refractivity contribution in [2.75, 3.05) is 40.0 Å². The van der Waals surface area contributed by atoms with E-state index in [1.807, 2.05) is 11.8 Å². The van der Waals surface area contributed by atoms with Crippen LogP contribution in [0.5, 0.6) is 0 Å². The van der Waals surface area contributed by atoms with Crippen molar-refractivity contribution >= 4 is 11.8 Å². The van der Waals surface area contributed by atoms with E-state index in [-0.39, 0.29) is 53.5 Å². The van der Waals surface area contributed by atoms with Gasteiger partial charge in [-0.15, -0.1) is 0 Å². The summed E-state index contributed by atoms with van der Waals surface area (Å²) in [6.45, 7) is 8.89. The van der Waals surface area contributed by atoms with Gasteiger partial charge in [-0.25, -0.2) is 0 Å². The van der Waals surface area contributed by atoms with Gasteiger partial charge in [0, 0.05) is 32.2 Å². The zero-order chi connectivity index (χ0) is 21.2. The monoisotopic (exact) mass is 410 g/mol. The summed E-state index contributed by atoms with van der Waals surface area (Å²) < 4.78 is 10.3. The molecule has 1 saturated heterocycles. The van der Waals surface area contributed by atoms with Gasteiger partial charge < -0.3 is 24.8 Å². The molecule has 0 aromatic heterocycles. The lowest BCUT2D eigenvalue weighted by molar-refractivity contribution is -0.154. The highest BCUT2D eigenvalue weighted by atomic mass is 16.5. The van der Waals surface area contributed by atoms with Gasteiger partial charge in [0.05, 0.1) is 19.3 Å². The van der Waals surface area contributed by atoms with Crippen molar-refractivity contribution in [3.63, 3.8) is 0 Å². The Hall–Kier alpha value is -1.18. The molecule has 2 saturated carbocycles. The maximum absolute atomic E-state index is 13.0. The van der Waals surface area contributed by atoms with Gasteiger partial charge in [-0.1, -0.05) is 20.8 Å². The number of carbonyl (C=O) groups is 2. The maximum atomic E-state index is 13.0. The van der Waals surface area contributed by atoms with Gasteiger partial charge in [0.15, 0.2) is 0 Å². The number of aliphatic hydroxyl groups is 1. The summed E-state index contributed by atoms with van der Waals surface area (Å²) in [5.74, 6) is 0.00321. The first kappa shape index (κ1) is 22.5. The van der Waals surface area contributed by atoms with Crippen molar-refractivity contribution in [1.82, 2.24) is 10.2 Å². The molecule has 3 aliphatic rings. The molecule has 166 valence electrons. The van der Waals surface area contributed by atoms with Crippen LogP contribution in [-0.4, -0.2) is 74.0 Å². The summed E-state index contributed by atoms with van der Waals surface area (Å²) in [6.07, 6.45) is 3.26. The van der Waals surface area contributed by atoms with Crippen LogP contribution in [0.4, 0.5) is 0 Å². The highest BCUT2D eigenvalue weighted by Gasteiger charge is 2.54. The third-order valence-corrected chi connectivity index (χ3v) is 7.86.